The molecule has 158 valence electrons. The van der Waals surface area contributed by atoms with Crippen LogP contribution < -0.4 is 14.8 Å². The van der Waals surface area contributed by atoms with Crippen LogP contribution in [0.2, 0.25) is 5.02 Å². The summed E-state index contributed by atoms with van der Waals surface area (Å²) in [5, 5.41) is 3.39. The van der Waals surface area contributed by atoms with E-state index in [4.69, 9.17) is 25.8 Å². The molecule has 1 fully saturated rings. The van der Waals surface area contributed by atoms with Gasteiger partial charge in [0.15, 0.2) is 11.5 Å². The monoisotopic (exact) mass is 428 g/mol. The fourth-order valence-corrected chi connectivity index (χ4v) is 3.91. The predicted molar refractivity (Wildman–Crippen MR) is 116 cm³/mol. The van der Waals surface area contributed by atoms with Crippen LogP contribution in [0.25, 0.3) is 6.08 Å². The van der Waals surface area contributed by atoms with Gasteiger partial charge in [0, 0.05) is 32.3 Å². The molecule has 1 unspecified atom stereocenters. The van der Waals surface area contributed by atoms with Crippen molar-refractivity contribution in [3.8, 4) is 11.5 Å². The number of halogens is 1. The maximum atomic E-state index is 12.2. The van der Waals surface area contributed by atoms with Gasteiger partial charge in [-0.15, -0.1) is 0 Å². The Bertz CT molecular complexity index is 947. The van der Waals surface area contributed by atoms with Crippen LogP contribution in [0.4, 0.5) is 0 Å². The second kappa shape index (κ2) is 9.51. The molecule has 2 heterocycles. The molecule has 7 heteroatoms. The van der Waals surface area contributed by atoms with E-state index in [0.717, 1.165) is 37.4 Å². The minimum atomic E-state index is -0.170. The number of hydrogen-bond donors (Lipinski definition) is 1. The van der Waals surface area contributed by atoms with Crippen molar-refractivity contribution < 1.29 is 19.0 Å². The number of nitrogens with zero attached hydrogens (tertiary/aromatic N) is 1. The quantitative estimate of drug-likeness (QED) is 0.712. The van der Waals surface area contributed by atoms with Gasteiger partial charge in [-0.1, -0.05) is 35.9 Å². The van der Waals surface area contributed by atoms with Crippen LogP contribution in [0.5, 0.6) is 11.5 Å². The fourth-order valence-electron chi connectivity index (χ4n) is 3.63. The van der Waals surface area contributed by atoms with Crippen LogP contribution in [0, 0.1) is 0 Å². The number of rotatable bonds is 6. The summed E-state index contributed by atoms with van der Waals surface area (Å²) in [6.45, 7) is 6.28. The van der Waals surface area contributed by atoms with Gasteiger partial charge in [0.05, 0.1) is 17.7 Å². The van der Waals surface area contributed by atoms with Crippen molar-refractivity contribution in [3.63, 3.8) is 0 Å². The Morgan fingerprint density at radius 1 is 1.27 bits per heavy atom. The third-order valence-electron chi connectivity index (χ3n) is 5.07. The van der Waals surface area contributed by atoms with E-state index in [1.165, 1.54) is 11.6 Å². The Morgan fingerprint density at radius 2 is 2.13 bits per heavy atom. The smallest absolute Gasteiger partial charge is 0.244 e. The normalized spacial score (nSPS) is 18.7. The lowest BCUT2D eigenvalue weighted by molar-refractivity contribution is -0.116. The molecule has 1 amide bonds. The summed E-state index contributed by atoms with van der Waals surface area (Å²) < 4.78 is 16.2. The maximum Gasteiger partial charge on any atom is 0.244 e. The molecule has 0 bridgehead atoms. The Kier molecular flexibility index (Phi) is 6.57. The van der Waals surface area contributed by atoms with Gasteiger partial charge in [0.1, 0.15) is 0 Å². The highest BCUT2D eigenvalue weighted by atomic mass is 35.5. The number of morpholine rings is 1. The van der Waals surface area contributed by atoms with Crippen molar-refractivity contribution >= 4 is 23.6 Å². The van der Waals surface area contributed by atoms with Gasteiger partial charge in [-0.3, -0.25) is 9.69 Å². The standard InChI is InChI=1S/C23H25ClN2O4/c1-16-13-26(7-8-28-16)14-19-4-2-3-18(9-19)12-25-22(27)6-5-17-10-20(24)23-21(11-17)29-15-30-23/h2-6,9-11,16H,7-8,12-15H2,1H3,(H,25,27)/b6-5+. The molecule has 0 aromatic heterocycles. The second-order valence-corrected chi connectivity index (χ2v) is 7.93. The number of hydrogen-bond acceptors (Lipinski definition) is 5. The Labute approximate surface area is 181 Å². The molecule has 2 aliphatic rings. The van der Waals surface area contributed by atoms with E-state index in [1.54, 1.807) is 18.2 Å². The van der Waals surface area contributed by atoms with Crippen LogP contribution in [-0.4, -0.2) is 43.4 Å². The molecule has 6 nitrogen and oxygen atoms in total. The molecule has 2 aromatic rings. The Balaban J connectivity index is 1.31. The van der Waals surface area contributed by atoms with Crippen molar-refractivity contribution in [2.75, 3.05) is 26.5 Å². The average Bonchev–Trinajstić information content (AvgIpc) is 3.20. The highest BCUT2D eigenvalue weighted by Crippen LogP contribution is 2.40. The van der Waals surface area contributed by atoms with Gasteiger partial charge < -0.3 is 19.5 Å². The molecule has 0 aliphatic carbocycles. The first kappa shape index (κ1) is 20.7. The lowest BCUT2D eigenvalue weighted by Crippen LogP contribution is -2.40. The molecule has 1 saturated heterocycles. The van der Waals surface area contributed by atoms with E-state index in [0.29, 0.717) is 23.1 Å². The van der Waals surface area contributed by atoms with Gasteiger partial charge >= 0.3 is 0 Å². The zero-order valence-corrected chi connectivity index (χ0v) is 17.7. The molecule has 0 spiro atoms. The first-order valence-corrected chi connectivity index (χ1v) is 10.4. The number of benzene rings is 2. The number of fused-ring (bicyclic) bond motifs is 1. The number of amides is 1. The molecule has 1 atom stereocenters. The number of ether oxygens (including phenoxy) is 3. The topological polar surface area (TPSA) is 60.0 Å². The first-order valence-electron chi connectivity index (χ1n) is 10.0. The van der Waals surface area contributed by atoms with E-state index in [1.807, 2.05) is 12.1 Å². The van der Waals surface area contributed by atoms with Crippen molar-refractivity contribution in [2.45, 2.75) is 26.1 Å². The van der Waals surface area contributed by atoms with E-state index < -0.39 is 0 Å². The number of carbonyl (C=O) groups is 1. The third kappa shape index (κ3) is 5.33. The van der Waals surface area contributed by atoms with Crippen molar-refractivity contribution in [1.82, 2.24) is 10.2 Å². The number of carbonyl (C=O) groups excluding carboxylic acids is 1. The molecule has 4 rings (SSSR count). The van der Waals surface area contributed by atoms with E-state index in [9.17, 15) is 4.79 Å². The summed E-state index contributed by atoms with van der Waals surface area (Å²) >= 11 is 6.17. The van der Waals surface area contributed by atoms with Crippen molar-refractivity contribution in [1.29, 1.82) is 0 Å². The molecular weight excluding hydrogens is 404 g/mol. The van der Waals surface area contributed by atoms with Crippen LogP contribution in [-0.2, 0) is 22.6 Å². The van der Waals surface area contributed by atoms with E-state index in [2.05, 4.69) is 29.3 Å². The van der Waals surface area contributed by atoms with Gasteiger partial charge in [-0.2, -0.15) is 0 Å². The van der Waals surface area contributed by atoms with Gasteiger partial charge in [0.2, 0.25) is 12.7 Å². The highest BCUT2D eigenvalue weighted by molar-refractivity contribution is 6.32. The van der Waals surface area contributed by atoms with Crippen LogP contribution >= 0.6 is 11.6 Å². The van der Waals surface area contributed by atoms with E-state index >= 15 is 0 Å². The summed E-state index contributed by atoms with van der Waals surface area (Å²) in [7, 11) is 0. The summed E-state index contributed by atoms with van der Waals surface area (Å²) in [5.41, 5.74) is 3.09. The van der Waals surface area contributed by atoms with Gasteiger partial charge in [0.25, 0.3) is 0 Å². The summed E-state index contributed by atoms with van der Waals surface area (Å²) in [5.74, 6) is 0.968. The Hall–Kier alpha value is -2.54. The molecule has 1 N–H and O–H groups in total. The summed E-state index contributed by atoms with van der Waals surface area (Å²) in [6.07, 6.45) is 3.47. The lowest BCUT2D eigenvalue weighted by atomic mass is 10.1. The third-order valence-corrected chi connectivity index (χ3v) is 5.35. The highest BCUT2D eigenvalue weighted by Gasteiger charge is 2.18. The van der Waals surface area contributed by atoms with Crippen molar-refractivity contribution in [2.24, 2.45) is 0 Å². The van der Waals surface area contributed by atoms with Crippen LogP contribution in [0.15, 0.2) is 42.5 Å². The molecule has 2 aromatic carbocycles. The minimum absolute atomic E-state index is 0.159. The second-order valence-electron chi connectivity index (χ2n) is 7.52. The lowest BCUT2D eigenvalue weighted by Gasteiger charge is -2.31. The van der Waals surface area contributed by atoms with Gasteiger partial charge in [-0.05, 0) is 41.8 Å². The zero-order valence-electron chi connectivity index (χ0n) is 16.9. The SMILES string of the molecule is CC1CN(Cc2cccc(CNC(=O)/C=C/c3cc(Cl)c4c(c3)OCO4)c2)CCO1. The molecule has 30 heavy (non-hydrogen) atoms. The zero-order chi connectivity index (χ0) is 20.9. The predicted octanol–water partition coefficient (Wildman–Crippen LogP) is 3.62. The minimum Gasteiger partial charge on any atom is -0.454 e. The summed E-state index contributed by atoms with van der Waals surface area (Å²) in [4.78, 5) is 14.6. The number of nitrogens with one attached hydrogen (secondary N) is 1. The molecule has 0 radical (unpaired) electrons. The first-order chi connectivity index (χ1) is 14.6. The average molecular weight is 429 g/mol. The molecular formula is C23H25ClN2O4. The van der Waals surface area contributed by atoms with Crippen LogP contribution in [0.1, 0.15) is 23.6 Å². The largest absolute Gasteiger partial charge is 0.454 e. The fraction of sp³-hybridized carbons (Fsp3) is 0.348. The molecule has 2 aliphatic heterocycles. The summed E-state index contributed by atoms with van der Waals surface area (Å²) in [6, 6.07) is 11.9. The van der Waals surface area contributed by atoms with Crippen LogP contribution in [0.3, 0.4) is 0 Å². The molecule has 0 saturated carbocycles. The van der Waals surface area contributed by atoms with Crippen molar-refractivity contribution in [3.05, 3.63) is 64.2 Å². The maximum absolute atomic E-state index is 12.2. The Morgan fingerprint density at radius 3 is 3.00 bits per heavy atom. The van der Waals surface area contributed by atoms with Gasteiger partial charge in [-0.25, -0.2) is 0 Å². The van der Waals surface area contributed by atoms with E-state index in [-0.39, 0.29) is 18.8 Å².